The van der Waals surface area contributed by atoms with Crippen molar-refractivity contribution in [2.45, 2.75) is 58.4 Å². The number of hydrogen-bond donors (Lipinski definition) is 3. The Bertz CT molecular complexity index is 315. The SMILES string of the molecule is CC1(CNC(=O)NC2CCCC2(C)CO)CCC1. The van der Waals surface area contributed by atoms with Crippen molar-refractivity contribution in [2.24, 2.45) is 10.8 Å². The van der Waals surface area contributed by atoms with E-state index in [0.29, 0.717) is 5.41 Å². The fraction of sp³-hybridized carbons (Fsp3) is 0.929. The highest BCUT2D eigenvalue weighted by molar-refractivity contribution is 5.74. The third-order valence-electron chi connectivity index (χ3n) is 4.98. The standard InChI is InChI=1S/C14H26N2O2/c1-13(6-4-7-13)9-15-12(18)16-11-5-3-8-14(11,2)10-17/h11,17H,3-10H2,1-2H3,(H2,15,16,18). The van der Waals surface area contributed by atoms with Gasteiger partial charge in [0.05, 0.1) is 6.61 Å². The van der Waals surface area contributed by atoms with Crippen LogP contribution < -0.4 is 10.6 Å². The van der Waals surface area contributed by atoms with Crippen LogP contribution in [0, 0.1) is 10.8 Å². The average Bonchev–Trinajstić information content (AvgIpc) is 2.67. The monoisotopic (exact) mass is 254 g/mol. The van der Waals surface area contributed by atoms with Gasteiger partial charge < -0.3 is 15.7 Å². The van der Waals surface area contributed by atoms with Gasteiger partial charge in [0.1, 0.15) is 0 Å². The molecule has 0 spiro atoms. The lowest BCUT2D eigenvalue weighted by Crippen LogP contribution is -2.51. The molecule has 104 valence electrons. The first-order valence-corrected chi connectivity index (χ1v) is 7.13. The van der Waals surface area contributed by atoms with Crippen LogP contribution in [0.5, 0.6) is 0 Å². The molecule has 2 atom stereocenters. The fourth-order valence-corrected chi connectivity index (χ4v) is 3.13. The molecule has 0 aliphatic heterocycles. The van der Waals surface area contributed by atoms with Crippen molar-refractivity contribution in [3.05, 3.63) is 0 Å². The number of nitrogens with one attached hydrogen (secondary N) is 2. The Morgan fingerprint density at radius 3 is 2.56 bits per heavy atom. The summed E-state index contributed by atoms with van der Waals surface area (Å²) in [5.41, 5.74) is 0.172. The van der Waals surface area contributed by atoms with E-state index in [2.05, 4.69) is 24.5 Å². The smallest absolute Gasteiger partial charge is 0.315 e. The summed E-state index contributed by atoms with van der Waals surface area (Å²) < 4.78 is 0. The molecular weight excluding hydrogens is 228 g/mol. The molecule has 0 aromatic carbocycles. The number of urea groups is 1. The zero-order valence-corrected chi connectivity index (χ0v) is 11.6. The van der Waals surface area contributed by atoms with Gasteiger partial charge in [0.25, 0.3) is 0 Å². The summed E-state index contributed by atoms with van der Waals surface area (Å²) in [6, 6.07) is 0.0337. The van der Waals surface area contributed by atoms with Crippen molar-refractivity contribution in [1.82, 2.24) is 10.6 Å². The Kier molecular flexibility index (Phi) is 3.85. The molecule has 2 saturated carbocycles. The van der Waals surface area contributed by atoms with Gasteiger partial charge in [-0.15, -0.1) is 0 Å². The van der Waals surface area contributed by atoms with Crippen LogP contribution in [0.15, 0.2) is 0 Å². The first kappa shape index (κ1) is 13.7. The van der Waals surface area contributed by atoms with Crippen LogP contribution in [0.4, 0.5) is 4.79 Å². The molecule has 2 fully saturated rings. The highest BCUT2D eigenvalue weighted by Crippen LogP contribution is 2.39. The van der Waals surface area contributed by atoms with Gasteiger partial charge in [-0.25, -0.2) is 4.79 Å². The summed E-state index contributed by atoms with van der Waals surface area (Å²) in [6.07, 6.45) is 6.76. The van der Waals surface area contributed by atoms with Gasteiger partial charge in [0.2, 0.25) is 0 Å². The zero-order valence-electron chi connectivity index (χ0n) is 11.6. The number of amides is 2. The van der Waals surface area contributed by atoms with Crippen molar-refractivity contribution in [1.29, 1.82) is 0 Å². The molecule has 0 radical (unpaired) electrons. The molecule has 18 heavy (non-hydrogen) atoms. The lowest BCUT2D eigenvalue weighted by molar-refractivity contribution is 0.119. The predicted octanol–water partition coefficient (Wildman–Crippen LogP) is 2.03. The van der Waals surface area contributed by atoms with Crippen molar-refractivity contribution in [3.8, 4) is 0 Å². The Hall–Kier alpha value is -0.770. The summed E-state index contributed by atoms with van der Waals surface area (Å²) in [5, 5.41) is 15.5. The summed E-state index contributed by atoms with van der Waals surface area (Å²) in [5.74, 6) is 0. The van der Waals surface area contributed by atoms with Crippen LogP contribution in [-0.4, -0.2) is 30.3 Å². The Balaban J connectivity index is 1.77. The second kappa shape index (κ2) is 5.08. The van der Waals surface area contributed by atoms with E-state index in [4.69, 9.17) is 0 Å². The number of carbonyl (C=O) groups is 1. The number of hydrogen-bond acceptors (Lipinski definition) is 2. The van der Waals surface area contributed by atoms with Gasteiger partial charge in [-0.1, -0.05) is 26.7 Å². The van der Waals surface area contributed by atoms with Crippen molar-refractivity contribution >= 4 is 6.03 Å². The van der Waals surface area contributed by atoms with Gasteiger partial charge in [0, 0.05) is 18.0 Å². The second-order valence-corrected chi connectivity index (χ2v) is 6.75. The average molecular weight is 254 g/mol. The Morgan fingerprint density at radius 2 is 2.00 bits per heavy atom. The van der Waals surface area contributed by atoms with Gasteiger partial charge in [-0.05, 0) is 31.1 Å². The van der Waals surface area contributed by atoms with Crippen molar-refractivity contribution < 1.29 is 9.90 Å². The largest absolute Gasteiger partial charge is 0.396 e. The van der Waals surface area contributed by atoms with Crippen LogP contribution in [0.3, 0.4) is 0 Å². The number of carbonyl (C=O) groups excluding carboxylic acids is 1. The lowest BCUT2D eigenvalue weighted by atomic mass is 9.70. The molecule has 0 aromatic rings. The van der Waals surface area contributed by atoms with E-state index in [1.807, 2.05) is 0 Å². The first-order chi connectivity index (χ1) is 8.47. The third-order valence-corrected chi connectivity index (χ3v) is 4.98. The molecule has 3 N–H and O–H groups in total. The van der Waals surface area contributed by atoms with Gasteiger partial charge in [-0.2, -0.15) is 0 Å². The van der Waals surface area contributed by atoms with Gasteiger partial charge >= 0.3 is 6.03 Å². The number of rotatable bonds is 4. The maximum absolute atomic E-state index is 11.9. The lowest BCUT2D eigenvalue weighted by Gasteiger charge is -2.38. The van der Waals surface area contributed by atoms with Crippen molar-refractivity contribution in [3.63, 3.8) is 0 Å². The third kappa shape index (κ3) is 2.79. The highest BCUT2D eigenvalue weighted by atomic mass is 16.3. The molecular formula is C14H26N2O2. The topological polar surface area (TPSA) is 61.4 Å². The summed E-state index contributed by atoms with van der Waals surface area (Å²) in [4.78, 5) is 11.9. The number of aliphatic hydroxyl groups is 1. The Morgan fingerprint density at radius 1 is 1.28 bits per heavy atom. The van der Waals surface area contributed by atoms with Crippen LogP contribution in [-0.2, 0) is 0 Å². The molecule has 4 nitrogen and oxygen atoms in total. The van der Waals surface area contributed by atoms with E-state index in [1.54, 1.807) is 0 Å². The molecule has 0 aromatic heterocycles. The van der Waals surface area contributed by atoms with Crippen LogP contribution >= 0.6 is 0 Å². The number of aliphatic hydroxyl groups excluding tert-OH is 1. The van der Waals surface area contributed by atoms with Crippen LogP contribution in [0.25, 0.3) is 0 Å². The van der Waals surface area contributed by atoms with Gasteiger partial charge in [0.15, 0.2) is 0 Å². The normalized spacial score (nSPS) is 33.8. The molecule has 2 aliphatic rings. The summed E-state index contributed by atoms with van der Waals surface area (Å²) in [7, 11) is 0. The van der Waals surface area contributed by atoms with Crippen molar-refractivity contribution in [2.75, 3.05) is 13.2 Å². The minimum Gasteiger partial charge on any atom is -0.396 e. The quantitative estimate of drug-likeness (QED) is 0.719. The van der Waals surface area contributed by atoms with E-state index < -0.39 is 0 Å². The zero-order chi connectivity index (χ0) is 13.2. The highest BCUT2D eigenvalue weighted by Gasteiger charge is 2.39. The second-order valence-electron chi connectivity index (χ2n) is 6.75. The minimum atomic E-state index is -0.141. The molecule has 0 bridgehead atoms. The van der Waals surface area contributed by atoms with E-state index in [1.165, 1.54) is 19.3 Å². The molecule has 2 rings (SSSR count). The van der Waals surface area contributed by atoms with Crippen LogP contribution in [0.2, 0.25) is 0 Å². The molecule has 2 aliphatic carbocycles. The molecule has 0 heterocycles. The maximum Gasteiger partial charge on any atom is 0.315 e. The van der Waals surface area contributed by atoms with E-state index in [-0.39, 0.29) is 24.1 Å². The first-order valence-electron chi connectivity index (χ1n) is 7.13. The predicted molar refractivity (Wildman–Crippen MR) is 71.3 cm³/mol. The Labute approximate surface area is 110 Å². The van der Waals surface area contributed by atoms with Crippen LogP contribution in [0.1, 0.15) is 52.4 Å². The maximum atomic E-state index is 11.9. The molecule has 0 saturated heterocycles. The van der Waals surface area contributed by atoms with E-state index in [9.17, 15) is 9.90 Å². The van der Waals surface area contributed by atoms with Gasteiger partial charge in [-0.3, -0.25) is 0 Å². The fourth-order valence-electron chi connectivity index (χ4n) is 3.13. The molecule has 2 amide bonds. The summed E-state index contributed by atoms with van der Waals surface area (Å²) >= 11 is 0. The van der Waals surface area contributed by atoms with E-state index >= 15 is 0 Å². The summed E-state index contributed by atoms with van der Waals surface area (Å²) in [6.45, 7) is 5.19. The molecule has 2 unspecified atom stereocenters. The minimum absolute atomic E-state index is 0.0744. The van der Waals surface area contributed by atoms with E-state index in [0.717, 1.165) is 25.8 Å². The molecule has 4 heteroatoms.